The van der Waals surface area contributed by atoms with Gasteiger partial charge in [-0.3, -0.25) is 4.68 Å². The van der Waals surface area contributed by atoms with E-state index in [4.69, 9.17) is 11.6 Å². The molecule has 2 aromatic carbocycles. The van der Waals surface area contributed by atoms with Gasteiger partial charge in [-0.1, -0.05) is 41.9 Å². The summed E-state index contributed by atoms with van der Waals surface area (Å²) in [5.41, 5.74) is 3.14. The molecule has 0 saturated heterocycles. The topological polar surface area (TPSA) is 55.6 Å². The predicted octanol–water partition coefficient (Wildman–Crippen LogP) is 4.70. The van der Waals surface area contributed by atoms with Crippen LogP contribution in [0.2, 0.25) is 5.02 Å². The second-order valence-electron chi connectivity index (χ2n) is 6.21. The average molecular weight is 364 g/mol. The fraction of sp³-hybridized carbons (Fsp3) is 0.150. The quantitative estimate of drug-likeness (QED) is 0.558. The summed E-state index contributed by atoms with van der Waals surface area (Å²) in [6.07, 6.45) is 5.50. The molecule has 0 aliphatic rings. The Balaban J connectivity index is 1.53. The Hall–Kier alpha value is -2.92. The molecule has 0 spiro atoms. The molecule has 5 nitrogen and oxygen atoms in total. The maximum absolute atomic E-state index is 6.05. The summed E-state index contributed by atoms with van der Waals surface area (Å²) >= 11 is 6.05. The van der Waals surface area contributed by atoms with Gasteiger partial charge in [0.2, 0.25) is 0 Å². The Labute approximate surface area is 156 Å². The third-order valence-electron chi connectivity index (χ3n) is 4.29. The molecule has 2 aromatic heterocycles. The first-order valence-corrected chi connectivity index (χ1v) is 8.80. The summed E-state index contributed by atoms with van der Waals surface area (Å²) in [5.74, 6) is 0.787. The lowest BCUT2D eigenvalue weighted by Gasteiger charge is -2.14. The largest absolute Gasteiger partial charge is 0.363 e. The molecule has 0 bridgehead atoms. The lowest BCUT2D eigenvalue weighted by molar-refractivity contribution is 0.685. The van der Waals surface area contributed by atoms with Crippen molar-refractivity contribution in [3.8, 4) is 0 Å². The van der Waals surface area contributed by atoms with E-state index >= 15 is 0 Å². The molecule has 0 saturated carbocycles. The summed E-state index contributed by atoms with van der Waals surface area (Å²) < 4.78 is 1.95. The smallest absolute Gasteiger partial charge is 0.137 e. The normalized spacial score (nSPS) is 12.2. The first kappa shape index (κ1) is 16.5. The van der Waals surface area contributed by atoms with E-state index < -0.39 is 0 Å². The molecule has 0 fully saturated rings. The second-order valence-corrected chi connectivity index (χ2v) is 6.64. The summed E-state index contributed by atoms with van der Waals surface area (Å²) in [6.45, 7) is 2.84. The van der Waals surface area contributed by atoms with E-state index in [0.29, 0.717) is 5.02 Å². The van der Waals surface area contributed by atoms with Crippen molar-refractivity contribution in [2.24, 2.45) is 0 Å². The molecule has 26 heavy (non-hydrogen) atoms. The van der Waals surface area contributed by atoms with Gasteiger partial charge in [0.25, 0.3) is 0 Å². The highest BCUT2D eigenvalue weighted by atomic mass is 35.5. The highest BCUT2D eigenvalue weighted by Crippen LogP contribution is 2.25. The van der Waals surface area contributed by atoms with Crippen LogP contribution in [0.4, 0.5) is 5.82 Å². The molecule has 0 radical (unpaired) electrons. The van der Waals surface area contributed by atoms with Gasteiger partial charge in [-0.05, 0) is 30.7 Å². The van der Waals surface area contributed by atoms with E-state index in [-0.39, 0.29) is 6.04 Å². The first-order valence-electron chi connectivity index (χ1n) is 8.42. The monoisotopic (exact) mass is 363 g/mol. The maximum atomic E-state index is 6.05. The summed E-state index contributed by atoms with van der Waals surface area (Å²) in [7, 11) is 0. The van der Waals surface area contributed by atoms with Gasteiger partial charge in [0.1, 0.15) is 12.1 Å². The van der Waals surface area contributed by atoms with E-state index in [1.54, 1.807) is 6.33 Å². The molecule has 0 aliphatic carbocycles. The second kappa shape index (κ2) is 7.14. The van der Waals surface area contributed by atoms with Gasteiger partial charge in [0.15, 0.2) is 0 Å². The van der Waals surface area contributed by atoms with E-state index in [0.717, 1.165) is 28.8 Å². The van der Waals surface area contributed by atoms with E-state index in [1.165, 1.54) is 5.56 Å². The van der Waals surface area contributed by atoms with E-state index in [1.807, 2.05) is 47.3 Å². The number of hydrogen-bond acceptors (Lipinski definition) is 4. The summed E-state index contributed by atoms with van der Waals surface area (Å²) in [6, 6.07) is 16.0. The minimum absolute atomic E-state index is 0.0632. The van der Waals surface area contributed by atoms with E-state index in [2.05, 4.69) is 45.6 Å². The van der Waals surface area contributed by atoms with Gasteiger partial charge in [-0.2, -0.15) is 5.10 Å². The minimum Gasteiger partial charge on any atom is -0.363 e. The van der Waals surface area contributed by atoms with Crippen LogP contribution in [0.25, 0.3) is 10.9 Å². The van der Waals surface area contributed by atoms with Crippen molar-refractivity contribution in [1.82, 2.24) is 19.7 Å². The Morgan fingerprint density at radius 2 is 1.96 bits per heavy atom. The van der Waals surface area contributed by atoms with Crippen LogP contribution in [0.5, 0.6) is 0 Å². The SMILES string of the molecule is CC(Nc1ncnc2cc(Cl)ccc12)c1cnn(Cc2ccccc2)c1. The molecule has 6 heteroatoms. The third-order valence-corrected chi connectivity index (χ3v) is 4.53. The van der Waals surface area contributed by atoms with Crippen molar-refractivity contribution in [2.75, 3.05) is 5.32 Å². The number of aromatic nitrogens is 4. The number of nitrogens with zero attached hydrogens (tertiary/aromatic N) is 4. The van der Waals surface area contributed by atoms with Gasteiger partial charge in [-0.25, -0.2) is 9.97 Å². The fourth-order valence-electron chi connectivity index (χ4n) is 2.89. The molecular weight excluding hydrogens is 346 g/mol. The number of nitrogens with one attached hydrogen (secondary N) is 1. The standard InChI is InChI=1S/C20H18ClN5/c1-14(16-10-24-26(12-16)11-15-5-3-2-4-6-15)25-20-18-8-7-17(21)9-19(18)22-13-23-20/h2-10,12-14H,11H2,1H3,(H,22,23,25). The molecular formula is C20H18ClN5. The Bertz CT molecular complexity index is 1030. The van der Waals surface area contributed by atoms with Crippen molar-refractivity contribution in [3.05, 3.63) is 83.4 Å². The van der Waals surface area contributed by atoms with Crippen molar-refractivity contribution in [2.45, 2.75) is 19.5 Å². The zero-order valence-corrected chi connectivity index (χ0v) is 15.1. The van der Waals surface area contributed by atoms with E-state index in [9.17, 15) is 0 Å². The number of rotatable bonds is 5. The number of anilines is 1. The van der Waals surface area contributed by atoms with Crippen LogP contribution in [-0.4, -0.2) is 19.7 Å². The molecule has 2 heterocycles. The number of halogens is 1. The van der Waals surface area contributed by atoms with Gasteiger partial charge in [-0.15, -0.1) is 0 Å². The van der Waals surface area contributed by atoms with Crippen LogP contribution in [0.15, 0.2) is 67.3 Å². The van der Waals surface area contributed by atoms with Crippen LogP contribution in [0.3, 0.4) is 0 Å². The molecule has 0 aliphatic heterocycles. The highest BCUT2D eigenvalue weighted by molar-refractivity contribution is 6.31. The number of fused-ring (bicyclic) bond motifs is 1. The van der Waals surface area contributed by atoms with Gasteiger partial charge < -0.3 is 5.32 Å². The summed E-state index contributed by atoms with van der Waals surface area (Å²) in [5, 5.41) is 9.53. The van der Waals surface area contributed by atoms with Crippen LogP contribution in [-0.2, 0) is 6.54 Å². The zero-order valence-electron chi connectivity index (χ0n) is 14.3. The van der Waals surface area contributed by atoms with Crippen molar-refractivity contribution in [1.29, 1.82) is 0 Å². The van der Waals surface area contributed by atoms with Crippen LogP contribution in [0.1, 0.15) is 24.1 Å². The highest BCUT2D eigenvalue weighted by Gasteiger charge is 2.11. The summed E-state index contributed by atoms with van der Waals surface area (Å²) in [4.78, 5) is 8.67. The Morgan fingerprint density at radius 3 is 2.81 bits per heavy atom. The zero-order chi connectivity index (χ0) is 17.9. The van der Waals surface area contributed by atoms with Crippen molar-refractivity contribution in [3.63, 3.8) is 0 Å². The minimum atomic E-state index is 0.0632. The molecule has 130 valence electrons. The molecule has 4 aromatic rings. The van der Waals surface area contributed by atoms with Crippen molar-refractivity contribution < 1.29 is 0 Å². The molecule has 1 N–H and O–H groups in total. The molecule has 4 rings (SSSR count). The fourth-order valence-corrected chi connectivity index (χ4v) is 3.06. The molecule has 1 atom stereocenters. The van der Waals surface area contributed by atoms with Gasteiger partial charge in [0.05, 0.1) is 24.3 Å². The Morgan fingerprint density at radius 1 is 1.12 bits per heavy atom. The van der Waals surface area contributed by atoms with Crippen molar-refractivity contribution >= 4 is 28.3 Å². The first-order chi connectivity index (χ1) is 12.7. The van der Waals surface area contributed by atoms with Crippen LogP contribution < -0.4 is 5.32 Å². The number of hydrogen-bond donors (Lipinski definition) is 1. The molecule has 0 amide bonds. The Kier molecular flexibility index (Phi) is 4.54. The van der Waals surface area contributed by atoms with Gasteiger partial charge >= 0.3 is 0 Å². The van der Waals surface area contributed by atoms with Crippen LogP contribution >= 0.6 is 11.6 Å². The van der Waals surface area contributed by atoms with Gasteiger partial charge in [0, 0.05) is 22.2 Å². The van der Waals surface area contributed by atoms with Crippen LogP contribution in [0, 0.1) is 0 Å². The predicted molar refractivity (Wildman–Crippen MR) is 104 cm³/mol. The maximum Gasteiger partial charge on any atom is 0.137 e. The average Bonchev–Trinajstić information content (AvgIpc) is 3.11. The lowest BCUT2D eigenvalue weighted by Crippen LogP contribution is -2.08. The lowest BCUT2D eigenvalue weighted by atomic mass is 10.1. The number of benzene rings is 2. The third kappa shape index (κ3) is 3.53. The molecule has 1 unspecified atom stereocenters.